The Labute approximate surface area is 92.0 Å². The van der Waals surface area contributed by atoms with Crippen molar-refractivity contribution in [3.8, 4) is 5.75 Å². The molecule has 0 saturated heterocycles. The highest BCUT2D eigenvalue weighted by molar-refractivity contribution is 5.70. The van der Waals surface area contributed by atoms with Gasteiger partial charge in [-0.3, -0.25) is 0 Å². The fraction of sp³-hybridized carbons (Fsp3) is 0.0909. The molecule has 2 rings (SSSR count). The van der Waals surface area contributed by atoms with E-state index in [1.165, 1.54) is 6.20 Å². The number of para-hydroxylation sites is 1. The third-order valence-electron chi connectivity index (χ3n) is 1.85. The molecule has 0 aliphatic rings. The van der Waals surface area contributed by atoms with Crippen molar-refractivity contribution in [2.45, 2.75) is 6.54 Å². The number of nitrogens with zero attached hydrogens (tertiary/aromatic N) is 1. The minimum Gasteiger partial charge on any atom is -0.410 e. The molecule has 2 aromatic rings. The monoisotopic (exact) mass is 218 g/mol. The van der Waals surface area contributed by atoms with E-state index in [1.54, 1.807) is 30.3 Å². The Balaban J connectivity index is 1.81. The van der Waals surface area contributed by atoms with E-state index in [4.69, 9.17) is 9.26 Å². The van der Waals surface area contributed by atoms with Crippen LogP contribution in [0.1, 0.15) is 5.76 Å². The van der Waals surface area contributed by atoms with Crippen LogP contribution < -0.4 is 10.1 Å². The minimum absolute atomic E-state index is 0.256. The normalized spacial score (nSPS) is 9.75. The van der Waals surface area contributed by atoms with Gasteiger partial charge >= 0.3 is 6.09 Å². The van der Waals surface area contributed by atoms with E-state index in [0.29, 0.717) is 11.5 Å². The average Bonchev–Trinajstić information content (AvgIpc) is 2.81. The summed E-state index contributed by atoms with van der Waals surface area (Å²) < 4.78 is 9.81. The summed E-state index contributed by atoms with van der Waals surface area (Å²) in [5.41, 5.74) is 0. The Kier molecular flexibility index (Phi) is 3.18. The molecule has 0 spiro atoms. The number of benzene rings is 1. The smallest absolute Gasteiger partial charge is 0.410 e. The molecular weight excluding hydrogens is 208 g/mol. The molecule has 1 amide bonds. The summed E-state index contributed by atoms with van der Waals surface area (Å²) in [6.07, 6.45) is 0.988. The van der Waals surface area contributed by atoms with Crippen molar-refractivity contribution >= 4 is 6.09 Å². The van der Waals surface area contributed by atoms with Crippen LogP contribution in [0.4, 0.5) is 4.79 Å². The zero-order valence-electron chi connectivity index (χ0n) is 8.42. The third-order valence-corrected chi connectivity index (χ3v) is 1.85. The van der Waals surface area contributed by atoms with Gasteiger partial charge in [0.25, 0.3) is 0 Å². The van der Waals surface area contributed by atoms with Crippen molar-refractivity contribution in [1.82, 2.24) is 10.5 Å². The standard InChI is InChI=1S/C11H10N2O3/c14-11(12-8-10-6-7-13-16-10)15-9-4-2-1-3-5-9/h1-7H,8H2,(H,12,14). The van der Waals surface area contributed by atoms with Crippen LogP contribution >= 0.6 is 0 Å². The van der Waals surface area contributed by atoms with Gasteiger partial charge in [-0.2, -0.15) is 0 Å². The topological polar surface area (TPSA) is 64.4 Å². The highest BCUT2D eigenvalue weighted by Crippen LogP contribution is 2.08. The van der Waals surface area contributed by atoms with Crippen LogP contribution in [0.25, 0.3) is 0 Å². The molecule has 0 aliphatic carbocycles. The van der Waals surface area contributed by atoms with E-state index in [1.807, 2.05) is 6.07 Å². The van der Waals surface area contributed by atoms with Gasteiger partial charge in [-0.15, -0.1) is 0 Å². The number of carbonyl (C=O) groups excluding carboxylic acids is 1. The zero-order valence-corrected chi connectivity index (χ0v) is 8.42. The molecule has 0 fully saturated rings. The number of carbonyl (C=O) groups is 1. The molecule has 1 aromatic carbocycles. The summed E-state index contributed by atoms with van der Waals surface area (Å²) in [5.74, 6) is 1.07. The lowest BCUT2D eigenvalue weighted by Crippen LogP contribution is -2.26. The van der Waals surface area contributed by atoms with E-state index < -0.39 is 6.09 Å². The van der Waals surface area contributed by atoms with Crippen molar-refractivity contribution in [2.24, 2.45) is 0 Å². The maximum absolute atomic E-state index is 11.3. The van der Waals surface area contributed by atoms with Crippen LogP contribution in [-0.4, -0.2) is 11.2 Å². The van der Waals surface area contributed by atoms with Crippen molar-refractivity contribution in [1.29, 1.82) is 0 Å². The molecule has 0 radical (unpaired) electrons. The maximum Gasteiger partial charge on any atom is 0.412 e. The van der Waals surface area contributed by atoms with Crippen LogP contribution in [-0.2, 0) is 6.54 Å². The molecule has 82 valence electrons. The number of nitrogens with one attached hydrogen (secondary N) is 1. The van der Waals surface area contributed by atoms with Gasteiger partial charge in [-0.25, -0.2) is 4.79 Å². The number of rotatable bonds is 3. The summed E-state index contributed by atoms with van der Waals surface area (Å²) >= 11 is 0. The Morgan fingerprint density at radius 3 is 2.81 bits per heavy atom. The predicted molar refractivity (Wildman–Crippen MR) is 55.8 cm³/mol. The number of ether oxygens (including phenoxy) is 1. The Morgan fingerprint density at radius 2 is 2.12 bits per heavy atom. The Morgan fingerprint density at radius 1 is 1.31 bits per heavy atom. The third kappa shape index (κ3) is 2.84. The first-order valence-electron chi connectivity index (χ1n) is 4.75. The first-order valence-corrected chi connectivity index (χ1v) is 4.75. The highest BCUT2D eigenvalue weighted by atomic mass is 16.6. The second-order valence-corrected chi connectivity index (χ2v) is 3.03. The second-order valence-electron chi connectivity index (χ2n) is 3.03. The molecule has 1 N–H and O–H groups in total. The maximum atomic E-state index is 11.3. The molecule has 0 atom stereocenters. The van der Waals surface area contributed by atoms with E-state index in [-0.39, 0.29) is 6.54 Å². The van der Waals surface area contributed by atoms with Crippen molar-refractivity contribution in [2.75, 3.05) is 0 Å². The number of hydrogen-bond acceptors (Lipinski definition) is 4. The van der Waals surface area contributed by atoms with Crippen molar-refractivity contribution in [3.63, 3.8) is 0 Å². The highest BCUT2D eigenvalue weighted by Gasteiger charge is 2.04. The van der Waals surface area contributed by atoms with Crippen LogP contribution in [0.15, 0.2) is 47.1 Å². The fourth-order valence-electron chi connectivity index (χ4n) is 1.12. The molecule has 0 aliphatic heterocycles. The minimum atomic E-state index is -0.525. The van der Waals surface area contributed by atoms with E-state index in [0.717, 1.165) is 0 Å². The van der Waals surface area contributed by atoms with Gasteiger partial charge in [0, 0.05) is 6.07 Å². The molecule has 5 nitrogen and oxygen atoms in total. The van der Waals surface area contributed by atoms with Crippen LogP contribution in [0.3, 0.4) is 0 Å². The Hall–Kier alpha value is -2.30. The van der Waals surface area contributed by atoms with Gasteiger partial charge < -0.3 is 14.6 Å². The number of amides is 1. The fourth-order valence-corrected chi connectivity index (χ4v) is 1.12. The molecule has 0 unspecified atom stereocenters. The average molecular weight is 218 g/mol. The van der Waals surface area contributed by atoms with Gasteiger partial charge in [0.05, 0.1) is 12.7 Å². The van der Waals surface area contributed by atoms with Crippen molar-refractivity contribution < 1.29 is 14.1 Å². The molecule has 1 aromatic heterocycles. The van der Waals surface area contributed by atoms with Gasteiger partial charge in [-0.1, -0.05) is 23.4 Å². The largest absolute Gasteiger partial charge is 0.412 e. The lowest BCUT2D eigenvalue weighted by Gasteiger charge is -2.04. The predicted octanol–water partition coefficient (Wildman–Crippen LogP) is 1.96. The summed E-state index contributed by atoms with van der Waals surface area (Å²) in [6.45, 7) is 0.256. The van der Waals surface area contributed by atoms with Gasteiger partial charge in [0.15, 0.2) is 5.76 Å². The molecule has 1 heterocycles. The quantitative estimate of drug-likeness (QED) is 0.855. The van der Waals surface area contributed by atoms with Gasteiger partial charge in [0.1, 0.15) is 5.75 Å². The van der Waals surface area contributed by atoms with Crippen LogP contribution in [0.2, 0.25) is 0 Å². The molecule has 5 heteroatoms. The summed E-state index contributed by atoms with van der Waals surface area (Å²) in [7, 11) is 0. The van der Waals surface area contributed by atoms with E-state index in [2.05, 4.69) is 10.5 Å². The molecular formula is C11H10N2O3. The second kappa shape index (κ2) is 4.97. The lowest BCUT2D eigenvalue weighted by atomic mass is 10.3. The molecule has 0 saturated carbocycles. The number of aromatic nitrogens is 1. The summed E-state index contributed by atoms with van der Waals surface area (Å²) in [6, 6.07) is 10.5. The van der Waals surface area contributed by atoms with Crippen molar-refractivity contribution in [3.05, 3.63) is 48.4 Å². The van der Waals surface area contributed by atoms with E-state index >= 15 is 0 Å². The van der Waals surface area contributed by atoms with E-state index in [9.17, 15) is 4.79 Å². The molecule has 0 bridgehead atoms. The molecule has 16 heavy (non-hydrogen) atoms. The first-order chi connectivity index (χ1) is 7.84. The van der Waals surface area contributed by atoms with Gasteiger partial charge in [0.2, 0.25) is 0 Å². The summed E-state index contributed by atoms with van der Waals surface area (Å²) in [4.78, 5) is 11.3. The van der Waals surface area contributed by atoms with Crippen LogP contribution in [0.5, 0.6) is 5.75 Å². The summed E-state index contributed by atoms with van der Waals surface area (Å²) in [5, 5.41) is 6.06. The SMILES string of the molecule is O=C(NCc1ccno1)Oc1ccccc1. The first kappa shape index (κ1) is 10.2. The lowest BCUT2D eigenvalue weighted by molar-refractivity contribution is 0.198. The zero-order chi connectivity index (χ0) is 11.2. The number of hydrogen-bond donors (Lipinski definition) is 1. The van der Waals surface area contributed by atoms with Gasteiger partial charge in [-0.05, 0) is 12.1 Å². The Bertz CT molecular complexity index is 440. The van der Waals surface area contributed by atoms with Crippen LogP contribution in [0, 0.1) is 0 Å².